The molecule has 25 heavy (non-hydrogen) atoms. The Morgan fingerprint density at radius 3 is 2.52 bits per heavy atom. The van der Waals surface area contributed by atoms with Crippen LogP contribution in [0.3, 0.4) is 0 Å². The van der Waals surface area contributed by atoms with Gasteiger partial charge in [-0.2, -0.15) is 0 Å². The molecule has 0 saturated heterocycles. The highest BCUT2D eigenvalue weighted by molar-refractivity contribution is 5.25. The Bertz CT molecular complexity index is 498. The van der Waals surface area contributed by atoms with Gasteiger partial charge in [0.25, 0.3) is 0 Å². The summed E-state index contributed by atoms with van der Waals surface area (Å²) in [4.78, 5) is 0. The first-order chi connectivity index (χ1) is 12.0. The average Bonchev–Trinajstić information content (AvgIpc) is 2.94. The van der Waals surface area contributed by atoms with Crippen LogP contribution in [0.5, 0.6) is 0 Å². The molecule has 7 unspecified atom stereocenters. The monoisotopic (exact) mass is 348 g/mol. The van der Waals surface area contributed by atoms with E-state index in [1.165, 1.54) is 38.5 Å². The van der Waals surface area contributed by atoms with Gasteiger partial charge >= 0.3 is 0 Å². The highest BCUT2D eigenvalue weighted by Gasteiger charge is 2.58. The van der Waals surface area contributed by atoms with Crippen LogP contribution in [0.25, 0.3) is 0 Å². The molecule has 3 saturated carbocycles. The third-order valence-electron chi connectivity index (χ3n) is 8.75. The molecule has 4 aliphatic carbocycles. The number of aliphatic hydroxyl groups is 2. The number of hydrogen-bond donors (Lipinski definition) is 2. The van der Waals surface area contributed by atoms with Crippen molar-refractivity contribution in [2.24, 2.45) is 34.5 Å². The molecule has 3 fully saturated rings. The quantitative estimate of drug-likeness (QED) is 0.662. The van der Waals surface area contributed by atoms with Gasteiger partial charge in [-0.3, -0.25) is 0 Å². The number of rotatable bonds is 2. The summed E-state index contributed by atoms with van der Waals surface area (Å²) >= 11 is 0. The second kappa shape index (κ2) is 7.35. The van der Waals surface area contributed by atoms with Gasteiger partial charge in [0.2, 0.25) is 0 Å². The topological polar surface area (TPSA) is 40.5 Å². The molecule has 2 heteroatoms. The lowest BCUT2D eigenvalue weighted by Gasteiger charge is -2.58. The Kier molecular flexibility index (Phi) is 5.71. The van der Waals surface area contributed by atoms with Gasteiger partial charge in [-0.05, 0) is 92.3 Å². The molecule has 4 rings (SSSR count). The van der Waals surface area contributed by atoms with Gasteiger partial charge in [-0.1, -0.05) is 39.3 Å². The molecule has 0 aliphatic heterocycles. The van der Waals surface area contributed by atoms with Crippen molar-refractivity contribution in [2.75, 3.05) is 6.61 Å². The van der Waals surface area contributed by atoms with Crippen LogP contribution in [0.4, 0.5) is 0 Å². The first-order valence-electron chi connectivity index (χ1n) is 11.0. The predicted molar refractivity (Wildman–Crippen MR) is 104 cm³/mol. The zero-order chi connectivity index (χ0) is 18.2. The van der Waals surface area contributed by atoms with Gasteiger partial charge in [0.1, 0.15) is 0 Å². The number of aliphatic hydroxyl groups excluding tert-OH is 2. The van der Waals surface area contributed by atoms with Crippen molar-refractivity contribution in [1.82, 2.24) is 0 Å². The van der Waals surface area contributed by atoms with Gasteiger partial charge < -0.3 is 10.2 Å². The lowest BCUT2D eigenvalue weighted by Crippen LogP contribution is -2.50. The smallest absolute Gasteiger partial charge is 0.0577 e. The molecule has 0 spiro atoms. The minimum absolute atomic E-state index is 0.0971. The molecule has 2 N–H and O–H groups in total. The second-order valence-corrected chi connectivity index (χ2v) is 9.49. The molecule has 0 aromatic carbocycles. The molecule has 0 aromatic rings. The molecule has 2 nitrogen and oxygen atoms in total. The van der Waals surface area contributed by atoms with Gasteiger partial charge in [0.15, 0.2) is 0 Å². The van der Waals surface area contributed by atoms with Gasteiger partial charge in [-0.25, -0.2) is 0 Å². The predicted octanol–water partition coefficient (Wildman–Crippen LogP) is 5.33. The van der Waals surface area contributed by atoms with Crippen LogP contribution in [-0.4, -0.2) is 22.9 Å². The SMILES string of the molecule is CC.CC12CCC(O)CC1=CCC1C2CCC2(C)C(CCO)CCC12. The summed E-state index contributed by atoms with van der Waals surface area (Å²) in [5.41, 5.74) is 2.41. The van der Waals surface area contributed by atoms with Crippen molar-refractivity contribution >= 4 is 0 Å². The van der Waals surface area contributed by atoms with Crippen LogP contribution in [0.2, 0.25) is 0 Å². The second-order valence-electron chi connectivity index (χ2n) is 9.49. The van der Waals surface area contributed by atoms with Gasteiger partial charge in [-0.15, -0.1) is 0 Å². The van der Waals surface area contributed by atoms with Crippen LogP contribution in [-0.2, 0) is 0 Å². The molecule has 4 aliphatic rings. The van der Waals surface area contributed by atoms with E-state index in [9.17, 15) is 10.2 Å². The zero-order valence-corrected chi connectivity index (χ0v) is 16.9. The first-order valence-corrected chi connectivity index (χ1v) is 11.0. The lowest BCUT2D eigenvalue weighted by atomic mass is 9.47. The summed E-state index contributed by atoms with van der Waals surface area (Å²) in [6, 6.07) is 0. The van der Waals surface area contributed by atoms with E-state index < -0.39 is 0 Å². The summed E-state index contributed by atoms with van der Waals surface area (Å²) in [6.07, 6.45) is 13.2. The van der Waals surface area contributed by atoms with Crippen molar-refractivity contribution in [3.05, 3.63) is 11.6 Å². The summed E-state index contributed by atoms with van der Waals surface area (Å²) in [5, 5.41) is 19.5. The Morgan fingerprint density at radius 1 is 1.04 bits per heavy atom. The minimum Gasteiger partial charge on any atom is -0.396 e. The van der Waals surface area contributed by atoms with Crippen LogP contribution >= 0.6 is 0 Å². The molecular weight excluding hydrogens is 308 g/mol. The van der Waals surface area contributed by atoms with E-state index in [2.05, 4.69) is 19.9 Å². The molecule has 0 aromatic heterocycles. The summed E-state index contributed by atoms with van der Waals surface area (Å²) < 4.78 is 0. The minimum atomic E-state index is -0.0971. The highest BCUT2D eigenvalue weighted by atomic mass is 16.3. The van der Waals surface area contributed by atoms with E-state index in [1.807, 2.05) is 13.8 Å². The van der Waals surface area contributed by atoms with Crippen molar-refractivity contribution in [2.45, 2.75) is 91.6 Å². The van der Waals surface area contributed by atoms with Crippen LogP contribution < -0.4 is 0 Å². The van der Waals surface area contributed by atoms with E-state index in [4.69, 9.17) is 0 Å². The fourth-order valence-electron chi connectivity index (χ4n) is 7.38. The van der Waals surface area contributed by atoms with Gasteiger partial charge in [0, 0.05) is 6.61 Å². The fourth-order valence-corrected chi connectivity index (χ4v) is 7.38. The molecular formula is C23H40O2. The standard InChI is InChI=1S/C21H34O2.C2H6/c1-20-11-8-19-17(18(20)6-4-14(20)9-12-22)5-3-15-13-16(23)7-10-21(15,19)2;1-2/h3,14,16-19,22-23H,4-13H2,1-2H3;1-2H3. The highest BCUT2D eigenvalue weighted by Crippen LogP contribution is 2.66. The molecule has 0 amide bonds. The third-order valence-corrected chi connectivity index (χ3v) is 8.75. The first kappa shape index (κ1) is 19.4. The zero-order valence-electron chi connectivity index (χ0n) is 16.9. The summed E-state index contributed by atoms with van der Waals surface area (Å²) in [7, 11) is 0. The maximum Gasteiger partial charge on any atom is 0.0577 e. The number of hydrogen-bond acceptors (Lipinski definition) is 2. The van der Waals surface area contributed by atoms with Crippen molar-refractivity contribution in [3.63, 3.8) is 0 Å². The Hall–Kier alpha value is -0.340. The Morgan fingerprint density at radius 2 is 1.80 bits per heavy atom. The maximum atomic E-state index is 10.1. The van der Waals surface area contributed by atoms with Crippen molar-refractivity contribution < 1.29 is 10.2 Å². The molecule has 144 valence electrons. The Labute approximate surface area is 155 Å². The largest absolute Gasteiger partial charge is 0.396 e. The van der Waals surface area contributed by atoms with E-state index in [1.54, 1.807) is 5.57 Å². The Balaban J connectivity index is 0.000000880. The fraction of sp³-hybridized carbons (Fsp3) is 0.913. The van der Waals surface area contributed by atoms with E-state index in [0.29, 0.717) is 17.4 Å². The van der Waals surface area contributed by atoms with E-state index >= 15 is 0 Å². The molecule has 0 heterocycles. The third kappa shape index (κ3) is 3.02. The lowest BCUT2D eigenvalue weighted by molar-refractivity contribution is -0.0521. The van der Waals surface area contributed by atoms with Crippen LogP contribution in [0, 0.1) is 34.5 Å². The average molecular weight is 349 g/mol. The molecule has 0 bridgehead atoms. The normalized spacial score (nSPS) is 48.4. The number of allylic oxidation sites excluding steroid dienone is 1. The van der Waals surface area contributed by atoms with Gasteiger partial charge in [0.05, 0.1) is 6.10 Å². The molecule has 7 atom stereocenters. The number of fused-ring (bicyclic) bond motifs is 5. The van der Waals surface area contributed by atoms with Crippen LogP contribution in [0.1, 0.15) is 85.5 Å². The van der Waals surface area contributed by atoms with Crippen molar-refractivity contribution in [1.29, 1.82) is 0 Å². The van der Waals surface area contributed by atoms with E-state index in [0.717, 1.165) is 42.9 Å². The van der Waals surface area contributed by atoms with Crippen LogP contribution in [0.15, 0.2) is 11.6 Å². The van der Waals surface area contributed by atoms with Crippen molar-refractivity contribution in [3.8, 4) is 0 Å². The maximum absolute atomic E-state index is 10.1. The summed E-state index contributed by atoms with van der Waals surface area (Å²) in [5.74, 6) is 3.28. The summed E-state index contributed by atoms with van der Waals surface area (Å²) in [6.45, 7) is 9.40. The van der Waals surface area contributed by atoms with E-state index in [-0.39, 0.29) is 6.10 Å². The molecule has 0 radical (unpaired) electrons.